The van der Waals surface area contributed by atoms with Crippen molar-refractivity contribution in [3.05, 3.63) is 108 Å². The highest BCUT2D eigenvalue weighted by Crippen LogP contribution is 2.49. The number of rotatable bonds is 5. The highest BCUT2D eigenvalue weighted by Gasteiger charge is 2.46. The van der Waals surface area contributed by atoms with Gasteiger partial charge in [-0.2, -0.15) is 13.2 Å². The Morgan fingerprint density at radius 1 is 1.02 bits per heavy atom. The Hall–Kier alpha value is -4.86. The first-order valence-corrected chi connectivity index (χ1v) is 12.5. The van der Waals surface area contributed by atoms with E-state index in [9.17, 15) is 27.2 Å². The molecule has 0 radical (unpaired) electrons. The average Bonchev–Trinajstić information content (AvgIpc) is 3.14. The van der Waals surface area contributed by atoms with Gasteiger partial charge in [0.25, 0.3) is 5.91 Å². The summed E-state index contributed by atoms with van der Waals surface area (Å²) < 4.78 is 55.0. The van der Waals surface area contributed by atoms with Crippen LogP contribution in [0.3, 0.4) is 0 Å². The molecule has 0 fully saturated rings. The van der Waals surface area contributed by atoms with E-state index >= 15 is 0 Å². The smallest absolute Gasteiger partial charge is 0.322 e. The molecule has 10 heteroatoms. The molecule has 1 N–H and O–H groups in total. The van der Waals surface area contributed by atoms with Crippen LogP contribution in [0.15, 0.2) is 79.8 Å². The lowest BCUT2D eigenvalue weighted by molar-refractivity contribution is -0.141. The highest BCUT2D eigenvalue weighted by atomic mass is 19.4. The van der Waals surface area contributed by atoms with E-state index in [-0.39, 0.29) is 17.2 Å². The Kier molecular flexibility index (Phi) is 6.73. The molecule has 0 aliphatic carbocycles. The highest BCUT2D eigenvalue weighted by molar-refractivity contribution is 6.14. The second-order valence-corrected chi connectivity index (χ2v) is 10.3. The van der Waals surface area contributed by atoms with Gasteiger partial charge in [-0.25, -0.2) is 4.39 Å². The Morgan fingerprint density at radius 2 is 1.73 bits per heavy atom. The van der Waals surface area contributed by atoms with Gasteiger partial charge in [0, 0.05) is 23.6 Å². The van der Waals surface area contributed by atoms with Crippen LogP contribution in [0, 0.1) is 5.82 Å². The fourth-order valence-electron chi connectivity index (χ4n) is 4.90. The zero-order valence-electron chi connectivity index (χ0n) is 22.3. The summed E-state index contributed by atoms with van der Waals surface area (Å²) in [6.07, 6.45) is -0.680. The molecule has 2 aromatic heterocycles. The van der Waals surface area contributed by atoms with E-state index in [0.29, 0.717) is 22.5 Å². The Labute approximate surface area is 233 Å². The number of benzene rings is 2. The van der Waals surface area contributed by atoms with Crippen molar-refractivity contribution in [1.82, 2.24) is 9.97 Å². The van der Waals surface area contributed by atoms with Gasteiger partial charge in [-0.05, 0) is 85.5 Å². The average molecular weight is 561 g/mol. The summed E-state index contributed by atoms with van der Waals surface area (Å²) in [5, 5.41) is 2.37. The van der Waals surface area contributed by atoms with E-state index in [1.165, 1.54) is 17.0 Å². The van der Waals surface area contributed by atoms with Gasteiger partial charge >= 0.3 is 6.18 Å². The number of aromatic nitrogens is 2. The first-order valence-electron chi connectivity index (χ1n) is 12.5. The van der Waals surface area contributed by atoms with Gasteiger partial charge in [0.05, 0.1) is 28.6 Å². The van der Waals surface area contributed by atoms with Crippen LogP contribution in [-0.4, -0.2) is 21.8 Å². The van der Waals surface area contributed by atoms with Crippen LogP contribution in [0.5, 0.6) is 0 Å². The van der Waals surface area contributed by atoms with E-state index in [1.807, 2.05) is 6.92 Å². The SMILES string of the molecule is C=C(C)c1cncc(N2C(=O)C(C)(C)c3c(-c4cnc(C(F)(F)F)c(C(=O)Nc5ccc(F)cc5)c4)cccc32)c1. The number of halogens is 4. The second-order valence-electron chi connectivity index (χ2n) is 10.3. The lowest BCUT2D eigenvalue weighted by Gasteiger charge is -2.21. The first-order chi connectivity index (χ1) is 19.3. The number of alkyl halides is 3. The van der Waals surface area contributed by atoms with Crippen LogP contribution in [0.4, 0.5) is 34.6 Å². The Balaban J connectivity index is 1.64. The van der Waals surface area contributed by atoms with E-state index in [1.54, 1.807) is 50.5 Å². The van der Waals surface area contributed by atoms with Crippen LogP contribution in [-0.2, 0) is 16.4 Å². The number of nitrogens with one attached hydrogen (secondary N) is 1. The summed E-state index contributed by atoms with van der Waals surface area (Å²) in [7, 11) is 0. The number of allylic oxidation sites excluding steroid dienone is 1. The molecule has 41 heavy (non-hydrogen) atoms. The molecule has 2 aromatic carbocycles. The fraction of sp³-hybridized carbons (Fsp3) is 0.161. The van der Waals surface area contributed by atoms with Crippen LogP contribution in [0.25, 0.3) is 16.7 Å². The third-order valence-electron chi connectivity index (χ3n) is 6.93. The maximum atomic E-state index is 13.9. The largest absolute Gasteiger partial charge is 0.434 e. The fourth-order valence-corrected chi connectivity index (χ4v) is 4.90. The predicted octanol–water partition coefficient (Wildman–Crippen LogP) is 7.54. The summed E-state index contributed by atoms with van der Waals surface area (Å²) in [5.74, 6) is -1.88. The topological polar surface area (TPSA) is 75.2 Å². The minimum absolute atomic E-state index is 0.114. The van der Waals surface area contributed by atoms with Crippen LogP contribution in [0.1, 0.15) is 48.0 Å². The van der Waals surface area contributed by atoms with Crippen molar-refractivity contribution < 1.29 is 27.2 Å². The molecule has 0 spiro atoms. The minimum atomic E-state index is -4.92. The maximum absolute atomic E-state index is 13.9. The van der Waals surface area contributed by atoms with Crippen molar-refractivity contribution in [3.8, 4) is 11.1 Å². The van der Waals surface area contributed by atoms with Gasteiger partial charge in [0.1, 0.15) is 5.82 Å². The molecule has 1 aliphatic heterocycles. The van der Waals surface area contributed by atoms with Crippen molar-refractivity contribution in [2.24, 2.45) is 0 Å². The monoisotopic (exact) mass is 560 g/mol. The zero-order chi connectivity index (χ0) is 29.7. The van der Waals surface area contributed by atoms with Crippen molar-refractivity contribution in [2.75, 3.05) is 10.2 Å². The predicted molar refractivity (Wildman–Crippen MR) is 148 cm³/mol. The summed E-state index contributed by atoms with van der Waals surface area (Å²) >= 11 is 0. The number of anilines is 3. The number of nitrogens with zero attached hydrogens (tertiary/aromatic N) is 3. The molecule has 0 saturated heterocycles. The first kappa shape index (κ1) is 27.7. The molecular weight excluding hydrogens is 536 g/mol. The van der Waals surface area contributed by atoms with Crippen LogP contribution in [0.2, 0.25) is 0 Å². The van der Waals surface area contributed by atoms with Gasteiger partial charge in [-0.3, -0.25) is 24.5 Å². The van der Waals surface area contributed by atoms with E-state index in [2.05, 4.69) is 21.9 Å². The number of carbonyl (C=O) groups is 2. The minimum Gasteiger partial charge on any atom is -0.322 e. The molecule has 0 saturated carbocycles. The lowest BCUT2D eigenvalue weighted by atomic mass is 9.81. The molecule has 208 valence electrons. The van der Waals surface area contributed by atoms with Crippen molar-refractivity contribution >= 4 is 34.4 Å². The maximum Gasteiger partial charge on any atom is 0.434 e. The normalized spacial score (nSPS) is 14.1. The quantitative estimate of drug-likeness (QED) is 0.256. The number of amides is 2. The lowest BCUT2D eigenvalue weighted by Crippen LogP contribution is -2.33. The molecular formula is C31H24F4N4O2. The third kappa shape index (κ3) is 4.97. The molecule has 1 aliphatic rings. The zero-order valence-corrected chi connectivity index (χ0v) is 22.3. The number of fused-ring (bicyclic) bond motifs is 1. The van der Waals surface area contributed by atoms with Crippen LogP contribution < -0.4 is 10.2 Å². The van der Waals surface area contributed by atoms with Crippen molar-refractivity contribution in [1.29, 1.82) is 0 Å². The van der Waals surface area contributed by atoms with Gasteiger partial charge in [0.2, 0.25) is 5.91 Å². The molecule has 5 rings (SSSR count). The van der Waals surface area contributed by atoms with Gasteiger partial charge in [-0.1, -0.05) is 18.7 Å². The van der Waals surface area contributed by atoms with Crippen molar-refractivity contribution in [2.45, 2.75) is 32.4 Å². The Morgan fingerprint density at radius 3 is 2.39 bits per heavy atom. The standard InChI is InChI=1S/C31H24F4N4O2/c1-17(2)18-12-22(16-36-14-18)39-25-7-5-6-23(26(25)30(3,4)29(39)41)19-13-24(27(37-15-19)31(33,34)35)28(40)38-21-10-8-20(32)9-11-21/h5-16H,1H2,2-4H3,(H,38,40). The molecule has 0 bridgehead atoms. The number of carbonyl (C=O) groups excluding carboxylic acids is 2. The molecule has 2 amide bonds. The Bertz CT molecular complexity index is 1710. The molecule has 0 unspecified atom stereocenters. The summed E-state index contributed by atoms with van der Waals surface area (Å²) in [6.45, 7) is 9.22. The van der Waals surface area contributed by atoms with E-state index < -0.39 is 34.6 Å². The van der Waals surface area contributed by atoms with Crippen molar-refractivity contribution in [3.63, 3.8) is 0 Å². The van der Waals surface area contributed by atoms with E-state index in [0.717, 1.165) is 35.5 Å². The number of hydrogen-bond acceptors (Lipinski definition) is 4. The third-order valence-corrected chi connectivity index (χ3v) is 6.93. The van der Waals surface area contributed by atoms with Gasteiger partial charge in [-0.15, -0.1) is 0 Å². The molecule has 6 nitrogen and oxygen atoms in total. The number of hydrogen-bond donors (Lipinski definition) is 1. The van der Waals surface area contributed by atoms with Gasteiger partial charge in [0.15, 0.2) is 5.69 Å². The number of pyridine rings is 2. The molecule has 0 atom stereocenters. The molecule has 4 aromatic rings. The van der Waals surface area contributed by atoms with E-state index in [4.69, 9.17) is 0 Å². The van der Waals surface area contributed by atoms with Gasteiger partial charge < -0.3 is 5.32 Å². The molecule has 3 heterocycles. The second kappa shape index (κ2) is 9.96. The summed E-state index contributed by atoms with van der Waals surface area (Å²) in [5.41, 5.74) is 0.760. The van der Waals surface area contributed by atoms with Crippen LogP contribution >= 0.6 is 0 Å². The summed E-state index contributed by atoms with van der Waals surface area (Å²) in [4.78, 5) is 36.2. The summed E-state index contributed by atoms with van der Waals surface area (Å²) in [6, 6.07) is 12.6.